The van der Waals surface area contributed by atoms with Gasteiger partial charge in [0.2, 0.25) is 5.69 Å². The number of aryl methyl sites for hydroxylation is 1. The monoisotopic (exact) mass is 505 g/mol. The molecule has 4 aliphatic carbocycles. The quantitative estimate of drug-likeness (QED) is 0.360. The van der Waals surface area contributed by atoms with E-state index in [0.717, 1.165) is 54.4 Å². The van der Waals surface area contributed by atoms with Crippen LogP contribution >= 0.6 is 11.6 Å². The highest BCUT2D eigenvalue weighted by molar-refractivity contribution is 6.31. The van der Waals surface area contributed by atoms with Crippen LogP contribution in [0.4, 0.5) is 0 Å². The Morgan fingerprint density at radius 3 is 2.58 bits per heavy atom. The minimum absolute atomic E-state index is 0.00772. The number of rotatable bonds is 6. The van der Waals surface area contributed by atoms with Crippen LogP contribution in [0.2, 0.25) is 5.02 Å². The highest BCUT2D eigenvalue weighted by atomic mass is 35.5. The Morgan fingerprint density at radius 1 is 1.17 bits per heavy atom. The SMILES string of the molecule is CC(=O)C12CCC(CC(=O)C3CCc4cc(-c5cc(Cl)ccc5-n5cnnn5)c[n+]([O-])c43)(CC1)CC2. The molecule has 4 aliphatic rings. The fraction of sp³-hybridized carbons (Fsp3) is 0.481. The minimum Gasteiger partial charge on any atom is -0.618 e. The van der Waals surface area contributed by atoms with Gasteiger partial charge in [0.1, 0.15) is 23.8 Å². The lowest BCUT2D eigenvalue weighted by molar-refractivity contribution is -0.613. The van der Waals surface area contributed by atoms with E-state index < -0.39 is 0 Å². The number of halogens is 1. The molecule has 36 heavy (non-hydrogen) atoms. The van der Waals surface area contributed by atoms with Crippen molar-refractivity contribution in [2.24, 2.45) is 10.8 Å². The number of tetrazole rings is 1. The molecular weight excluding hydrogens is 478 g/mol. The molecule has 1 unspecified atom stereocenters. The number of carbonyl (C=O) groups excluding carboxylic acids is 2. The maximum Gasteiger partial charge on any atom is 0.206 e. The van der Waals surface area contributed by atoms with Crippen molar-refractivity contribution in [2.45, 2.75) is 70.6 Å². The number of Topliss-reactive ketones (excluding diaryl/α,β-unsaturated/α-hetero) is 2. The average molecular weight is 506 g/mol. The van der Waals surface area contributed by atoms with Gasteiger partial charge < -0.3 is 5.21 Å². The molecular formula is C27H28ClN5O3. The number of fused-ring (bicyclic) bond motifs is 4. The zero-order chi connectivity index (χ0) is 25.1. The van der Waals surface area contributed by atoms with Crippen LogP contribution < -0.4 is 4.73 Å². The zero-order valence-corrected chi connectivity index (χ0v) is 21.0. The standard InChI is InChI=1S/C27H28ClN5O3/c1-17(34)27-9-6-26(7-10-27,8-11-27)14-24(35)21-4-2-18-12-19(15-33(36)25(18)21)22-13-20(28)3-5-23(22)32-16-29-30-31-32/h3,5,12-13,15-16,21H,2,4,6-11,14H2,1H3. The molecule has 0 aliphatic heterocycles. The number of pyridine rings is 1. The normalized spacial score (nSPS) is 26.7. The maximum absolute atomic E-state index is 13.6. The first-order valence-electron chi connectivity index (χ1n) is 12.6. The van der Waals surface area contributed by atoms with E-state index in [4.69, 9.17) is 11.6 Å². The Hall–Kier alpha value is -3.13. The topological polar surface area (TPSA) is 105 Å². The predicted molar refractivity (Wildman–Crippen MR) is 132 cm³/mol. The highest BCUT2D eigenvalue weighted by Crippen LogP contribution is 2.59. The summed E-state index contributed by atoms with van der Waals surface area (Å²) in [6, 6.07) is 7.37. The van der Waals surface area contributed by atoms with Crippen molar-refractivity contribution in [3.63, 3.8) is 0 Å². The van der Waals surface area contributed by atoms with Crippen molar-refractivity contribution in [2.75, 3.05) is 0 Å². The van der Waals surface area contributed by atoms with Crippen LogP contribution in [0.25, 0.3) is 16.8 Å². The summed E-state index contributed by atoms with van der Waals surface area (Å²) in [5, 5.41) is 25.3. The molecule has 3 fully saturated rings. The lowest BCUT2D eigenvalue weighted by atomic mass is 9.51. The van der Waals surface area contributed by atoms with E-state index in [1.54, 1.807) is 19.1 Å². The molecule has 1 aromatic carbocycles. The van der Waals surface area contributed by atoms with Crippen molar-refractivity contribution in [1.82, 2.24) is 20.2 Å². The third-order valence-corrected chi connectivity index (χ3v) is 9.37. The molecule has 2 aromatic heterocycles. The molecule has 0 radical (unpaired) electrons. The van der Waals surface area contributed by atoms with Crippen molar-refractivity contribution in [1.29, 1.82) is 0 Å². The summed E-state index contributed by atoms with van der Waals surface area (Å²) >= 11 is 6.29. The second-order valence-corrected chi connectivity index (χ2v) is 11.4. The van der Waals surface area contributed by atoms with Gasteiger partial charge in [0.15, 0.2) is 6.20 Å². The Kier molecular flexibility index (Phi) is 5.48. The van der Waals surface area contributed by atoms with Crippen LogP contribution in [-0.4, -0.2) is 31.8 Å². The molecule has 0 saturated heterocycles. The minimum atomic E-state index is -0.374. The number of hydrogen-bond acceptors (Lipinski definition) is 6. The third-order valence-electron chi connectivity index (χ3n) is 9.14. The third kappa shape index (κ3) is 3.74. The summed E-state index contributed by atoms with van der Waals surface area (Å²) in [6.07, 6.45) is 10.4. The van der Waals surface area contributed by atoms with Crippen LogP contribution in [-0.2, 0) is 16.0 Å². The summed E-state index contributed by atoms with van der Waals surface area (Å²) in [7, 11) is 0. The molecule has 8 nitrogen and oxygen atoms in total. The van der Waals surface area contributed by atoms with Gasteiger partial charge in [-0.3, -0.25) is 9.59 Å². The molecule has 2 bridgehead atoms. The first-order chi connectivity index (χ1) is 17.3. The number of aromatic nitrogens is 5. The van der Waals surface area contributed by atoms with Gasteiger partial charge in [0.05, 0.1) is 5.69 Å². The lowest BCUT2D eigenvalue weighted by Gasteiger charge is -2.52. The Labute approximate surface area is 214 Å². The van der Waals surface area contributed by atoms with Crippen molar-refractivity contribution in [3.8, 4) is 16.8 Å². The van der Waals surface area contributed by atoms with Crippen LogP contribution in [0.3, 0.4) is 0 Å². The van der Waals surface area contributed by atoms with Crippen molar-refractivity contribution >= 4 is 23.2 Å². The van der Waals surface area contributed by atoms with Crippen LogP contribution in [0.1, 0.15) is 75.5 Å². The van der Waals surface area contributed by atoms with Crippen LogP contribution in [0.15, 0.2) is 36.8 Å². The molecule has 9 heteroatoms. The molecule has 1 atom stereocenters. The molecule has 3 aromatic rings. The Bertz CT molecular complexity index is 1350. The fourth-order valence-electron chi connectivity index (χ4n) is 6.87. The van der Waals surface area contributed by atoms with Gasteiger partial charge in [-0.1, -0.05) is 11.6 Å². The average Bonchev–Trinajstić information content (AvgIpc) is 3.55. The van der Waals surface area contributed by atoms with Crippen LogP contribution in [0.5, 0.6) is 0 Å². The van der Waals surface area contributed by atoms with E-state index in [9.17, 15) is 14.8 Å². The van der Waals surface area contributed by atoms with Gasteiger partial charge in [0, 0.05) is 33.5 Å². The van der Waals surface area contributed by atoms with E-state index in [0.29, 0.717) is 47.0 Å². The summed E-state index contributed by atoms with van der Waals surface area (Å²) in [5.41, 5.74) is 3.50. The summed E-state index contributed by atoms with van der Waals surface area (Å²) in [6.45, 7) is 1.72. The Morgan fingerprint density at radius 2 is 1.92 bits per heavy atom. The first kappa shape index (κ1) is 23.3. The second kappa shape index (κ2) is 8.47. The number of ketones is 2. The Balaban J connectivity index is 1.27. The lowest BCUT2D eigenvalue weighted by Crippen LogP contribution is -2.46. The zero-order valence-electron chi connectivity index (χ0n) is 20.2. The summed E-state index contributed by atoms with van der Waals surface area (Å²) in [5.74, 6) is 0.0964. The molecule has 0 amide bonds. The number of carbonyl (C=O) groups is 2. The van der Waals surface area contributed by atoms with Crippen molar-refractivity contribution < 1.29 is 14.3 Å². The molecule has 0 N–H and O–H groups in total. The van der Waals surface area contributed by atoms with Crippen LogP contribution in [0, 0.1) is 16.0 Å². The predicted octanol–water partition coefficient (Wildman–Crippen LogP) is 4.53. The van der Waals surface area contributed by atoms with Gasteiger partial charge >= 0.3 is 0 Å². The highest BCUT2D eigenvalue weighted by Gasteiger charge is 2.52. The van der Waals surface area contributed by atoms with E-state index in [1.807, 2.05) is 12.1 Å². The number of hydrogen-bond donors (Lipinski definition) is 0. The largest absolute Gasteiger partial charge is 0.618 e. The number of benzene rings is 1. The second-order valence-electron chi connectivity index (χ2n) is 11.0. The van der Waals surface area contributed by atoms with E-state index in [1.165, 1.54) is 17.2 Å². The molecule has 2 heterocycles. The smallest absolute Gasteiger partial charge is 0.206 e. The van der Waals surface area contributed by atoms with E-state index in [2.05, 4.69) is 15.5 Å². The molecule has 0 spiro atoms. The van der Waals surface area contributed by atoms with Gasteiger partial charge in [-0.25, -0.2) is 0 Å². The van der Waals surface area contributed by atoms with Gasteiger partial charge in [-0.05, 0) is 98.4 Å². The number of nitrogens with zero attached hydrogens (tertiary/aromatic N) is 5. The summed E-state index contributed by atoms with van der Waals surface area (Å²) < 4.78 is 2.42. The molecule has 186 valence electrons. The maximum atomic E-state index is 13.6. The van der Waals surface area contributed by atoms with Gasteiger partial charge in [-0.15, -0.1) is 5.10 Å². The fourth-order valence-corrected chi connectivity index (χ4v) is 7.04. The van der Waals surface area contributed by atoms with Gasteiger partial charge in [-0.2, -0.15) is 9.41 Å². The first-order valence-corrected chi connectivity index (χ1v) is 13.0. The molecule has 3 saturated carbocycles. The van der Waals surface area contributed by atoms with E-state index in [-0.39, 0.29) is 22.5 Å². The van der Waals surface area contributed by atoms with Crippen molar-refractivity contribution in [3.05, 3.63) is 58.3 Å². The summed E-state index contributed by atoms with van der Waals surface area (Å²) in [4.78, 5) is 25.8. The van der Waals surface area contributed by atoms with Gasteiger partial charge in [0.25, 0.3) is 0 Å². The molecule has 7 rings (SSSR count). The van der Waals surface area contributed by atoms with E-state index >= 15 is 0 Å².